The molecule has 0 saturated carbocycles. The largest absolute Gasteiger partial charge is 0.292 e. The minimum absolute atomic E-state index is 0.0341. The molecule has 0 aliphatic heterocycles. The third-order valence-corrected chi connectivity index (χ3v) is 2.74. The summed E-state index contributed by atoms with van der Waals surface area (Å²) in [5.74, 6) is -0.0975. The van der Waals surface area contributed by atoms with Gasteiger partial charge in [0.2, 0.25) is 0 Å². The Bertz CT molecular complexity index is 482. The van der Waals surface area contributed by atoms with Crippen molar-refractivity contribution >= 4 is 5.78 Å². The van der Waals surface area contributed by atoms with Gasteiger partial charge in [0.15, 0.2) is 5.78 Å². The maximum Gasteiger partial charge on any atom is 0.190 e. The van der Waals surface area contributed by atoms with Crippen LogP contribution in [0.2, 0.25) is 0 Å². The van der Waals surface area contributed by atoms with Crippen LogP contribution in [0.15, 0.2) is 48.9 Å². The van der Waals surface area contributed by atoms with E-state index in [1.165, 1.54) is 6.20 Å². The molecule has 0 N–H and O–H groups in total. The van der Waals surface area contributed by atoms with E-state index in [1.807, 2.05) is 37.3 Å². The fourth-order valence-corrected chi connectivity index (χ4v) is 1.86. The summed E-state index contributed by atoms with van der Waals surface area (Å²) >= 11 is 0. The predicted octanol–water partition coefficient (Wildman–Crippen LogP) is 2.85. The predicted molar refractivity (Wildman–Crippen MR) is 65.8 cm³/mol. The molecule has 2 rings (SSSR count). The zero-order valence-electron chi connectivity index (χ0n) is 9.71. The zero-order chi connectivity index (χ0) is 12.1. The van der Waals surface area contributed by atoms with Gasteiger partial charge in [-0.15, -0.1) is 0 Å². The summed E-state index contributed by atoms with van der Waals surface area (Å²) in [4.78, 5) is 20.3. The van der Waals surface area contributed by atoms with E-state index >= 15 is 0 Å². The second kappa shape index (κ2) is 5.34. The number of benzene rings is 1. The van der Waals surface area contributed by atoms with Gasteiger partial charge >= 0.3 is 0 Å². The van der Waals surface area contributed by atoms with E-state index in [2.05, 4.69) is 9.97 Å². The van der Waals surface area contributed by atoms with Crippen molar-refractivity contribution in [2.75, 3.05) is 0 Å². The highest BCUT2D eigenvalue weighted by molar-refractivity contribution is 5.99. The molecule has 2 aromatic rings. The normalized spacial score (nSPS) is 12.1. The molecule has 0 aliphatic rings. The Kier molecular flexibility index (Phi) is 3.60. The van der Waals surface area contributed by atoms with Crippen LogP contribution in [0.3, 0.4) is 0 Å². The molecule has 86 valence electrons. The van der Waals surface area contributed by atoms with Gasteiger partial charge in [-0.05, 0) is 12.0 Å². The molecule has 0 bridgehead atoms. The number of carbonyl (C=O) groups excluding carboxylic acids is 1. The van der Waals surface area contributed by atoms with Crippen LogP contribution in [0.1, 0.15) is 35.3 Å². The minimum atomic E-state index is -0.132. The zero-order valence-corrected chi connectivity index (χ0v) is 9.71. The van der Waals surface area contributed by atoms with Crippen molar-refractivity contribution in [2.45, 2.75) is 19.3 Å². The molecule has 1 atom stereocenters. The quantitative estimate of drug-likeness (QED) is 0.753. The van der Waals surface area contributed by atoms with Crippen LogP contribution in [0, 0.1) is 0 Å². The summed E-state index contributed by atoms with van der Waals surface area (Å²) in [5, 5.41) is 0. The third-order valence-electron chi connectivity index (χ3n) is 2.74. The average molecular weight is 226 g/mol. The Hall–Kier alpha value is -2.03. The third kappa shape index (κ3) is 2.56. The van der Waals surface area contributed by atoms with E-state index in [0.29, 0.717) is 5.69 Å². The van der Waals surface area contributed by atoms with Crippen molar-refractivity contribution < 1.29 is 4.79 Å². The highest BCUT2D eigenvalue weighted by atomic mass is 16.1. The monoisotopic (exact) mass is 226 g/mol. The highest BCUT2D eigenvalue weighted by Gasteiger charge is 2.20. The second-order valence-corrected chi connectivity index (χ2v) is 3.83. The summed E-state index contributed by atoms with van der Waals surface area (Å²) in [6.07, 6.45) is 5.40. The molecular formula is C14H14N2O. The van der Waals surface area contributed by atoms with Gasteiger partial charge in [0.05, 0.1) is 6.20 Å². The van der Waals surface area contributed by atoms with Gasteiger partial charge in [-0.1, -0.05) is 37.3 Å². The number of carbonyl (C=O) groups is 1. The van der Waals surface area contributed by atoms with Crippen LogP contribution < -0.4 is 0 Å². The summed E-state index contributed by atoms with van der Waals surface area (Å²) < 4.78 is 0. The van der Waals surface area contributed by atoms with Gasteiger partial charge < -0.3 is 0 Å². The van der Waals surface area contributed by atoms with Crippen molar-refractivity contribution in [2.24, 2.45) is 0 Å². The maximum absolute atomic E-state index is 12.3. The molecule has 0 fully saturated rings. The van der Waals surface area contributed by atoms with Gasteiger partial charge in [0.1, 0.15) is 5.69 Å². The standard InChI is InChI=1S/C14H14N2O/c1-2-12(11-6-4-3-5-7-11)14(17)13-10-15-8-9-16-13/h3-10,12H,2H2,1H3. The minimum Gasteiger partial charge on any atom is -0.292 e. The highest BCUT2D eigenvalue weighted by Crippen LogP contribution is 2.22. The number of hydrogen-bond acceptors (Lipinski definition) is 3. The molecule has 0 radical (unpaired) electrons. The van der Waals surface area contributed by atoms with Crippen LogP contribution in [0.5, 0.6) is 0 Å². The number of hydrogen-bond donors (Lipinski definition) is 0. The smallest absolute Gasteiger partial charge is 0.190 e. The van der Waals surface area contributed by atoms with Crippen molar-refractivity contribution in [3.8, 4) is 0 Å². The second-order valence-electron chi connectivity index (χ2n) is 3.83. The lowest BCUT2D eigenvalue weighted by molar-refractivity contribution is 0.0952. The summed E-state index contributed by atoms with van der Waals surface area (Å²) in [6.45, 7) is 2.01. The molecule has 0 amide bonds. The lowest BCUT2D eigenvalue weighted by Gasteiger charge is -2.13. The van der Waals surface area contributed by atoms with Gasteiger partial charge in [-0.2, -0.15) is 0 Å². The summed E-state index contributed by atoms with van der Waals surface area (Å²) in [7, 11) is 0. The Morgan fingerprint density at radius 3 is 2.59 bits per heavy atom. The SMILES string of the molecule is CCC(C(=O)c1cnccn1)c1ccccc1. The first-order valence-electron chi connectivity index (χ1n) is 5.68. The van der Waals surface area contributed by atoms with Crippen LogP contribution >= 0.6 is 0 Å². The topological polar surface area (TPSA) is 42.9 Å². The molecule has 1 heterocycles. The first kappa shape index (κ1) is 11.5. The lowest BCUT2D eigenvalue weighted by atomic mass is 9.91. The molecule has 0 saturated heterocycles. The van der Waals surface area contributed by atoms with Crippen LogP contribution in [0.25, 0.3) is 0 Å². The average Bonchev–Trinajstić information content (AvgIpc) is 2.42. The molecule has 1 aromatic heterocycles. The van der Waals surface area contributed by atoms with E-state index in [4.69, 9.17) is 0 Å². The van der Waals surface area contributed by atoms with Crippen LogP contribution in [0.4, 0.5) is 0 Å². The Morgan fingerprint density at radius 1 is 1.24 bits per heavy atom. The molecule has 1 unspecified atom stereocenters. The van der Waals surface area contributed by atoms with Gasteiger partial charge in [-0.3, -0.25) is 9.78 Å². The number of rotatable bonds is 4. The van der Waals surface area contributed by atoms with Gasteiger partial charge in [-0.25, -0.2) is 4.98 Å². The molecular weight excluding hydrogens is 212 g/mol. The molecule has 17 heavy (non-hydrogen) atoms. The van der Waals surface area contributed by atoms with Crippen LogP contribution in [-0.4, -0.2) is 15.8 Å². The van der Waals surface area contributed by atoms with Crippen molar-refractivity contribution in [1.29, 1.82) is 0 Å². The number of ketones is 1. The van der Waals surface area contributed by atoms with Crippen molar-refractivity contribution in [3.05, 3.63) is 60.2 Å². The van der Waals surface area contributed by atoms with E-state index < -0.39 is 0 Å². The van der Waals surface area contributed by atoms with Gasteiger partial charge in [0, 0.05) is 18.3 Å². The molecule has 3 nitrogen and oxygen atoms in total. The van der Waals surface area contributed by atoms with Crippen LogP contribution in [-0.2, 0) is 0 Å². The number of nitrogens with zero attached hydrogens (tertiary/aromatic N) is 2. The first-order chi connectivity index (χ1) is 8.33. The summed E-state index contributed by atoms with van der Waals surface area (Å²) in [6, 6.07) is 9.79. The molecule has 0 aliphatic carbocycles. The first-order valence-corrected chi connectivity index (χ1v) is 5.68. The maximum atomic E-state index is 12.3. The van der Waals surface area contributed by atoms with Crippen molar-refractivity contribution in [1.82, 2.24) is 9.97 Å². The van der Waals surface area contributed by atoms with E-state index in [1.54, 1.807) is 12.4 Å². The van der Waals surface area contributed by atoms with Gasteiger partial charge in [0.25, 0.3) is 0 Å². The Labute approximate surface area is 101 Å². The molecule has 0 spiro atoms. The fraction of sp³-hybridized carbons (Fsp3) is 0.214. The summed E-state index contributed by atoms with van der Waals surface area (Å²) in [5.41, 5.74) is 1.47. The fourth-order valence-electron chi connectivity index (χ4n) is 1.86. The number of Topliss-reactive ketones (excluding diaryl/α,β-unsaturated/α-hetero) is 1. The molecule has 3 heteroatoms. The van der Waals surface area contributed by atoms with E-state index in [0.717, 1.165) is 12.0 Å². The van der Waals surface area contributed by atoms with E-state index in [-0.39, 0.29) is 11.7 Å². The Morgan fingerprint density at radius 2 is 2.00 bits per heavy atom. The van der Waals surface area contributed by atoms with Crippen molar-refractivity contribution in [3.63, 3.8) is 0 Å². The number of aromatic nitrogens is 2. The Balaban J connectivity index is 2.29. The lowest BCUT2D eigenvalue weighted by Crippen LogP contribution is -2.13. The van der Waals surface area contributed by atoms with E-state index in [9.17, 15) is 4.79 Å². The molecule has 1 aromatic carbocycles.